The van der Waals surface area contributed by atoms with Crippen LogP contribution in [0.1, 0.15) is 43.5 Å². The van der Waals surface area contributed by atoms with Gasteiger partial charge in [-0.15, -0.1) is 0 Å². The van der Waals surface area contributed by atoms with E-state index in [1.54, 1.807) is 25.4 Å². The van der Waals surface area contributed by atoms with Crippen LogP contribution in [0.15, 0.2) is 60.9 Å². The van der Waals surface area contributed by atoms with Gasteiger partial charge in [0.25, 0.3) is 0 Å². The molecular formula is C28H28F3N7. The van der Waals surface area contributed by atoms with Crippen LogP contribution in [-0.2, 0) is 26.3 Å². The molecular weight excluding hydrogens is 491 g/mol. The van der Waals surface area contributed by atoms with Crippen molar-refractivity contribution >= 4 is 11.2 Å². The predicted octanol–water partition coefficient (Wildman–Crippen LogP) is 5.99. The van der Waals surface area contributed by atoms with E-state index < -0.39 is 11.9 Å². The van der Waals surface area contributed by atoms with Crippen molar-refractivity contribution in [3.8, 4) is 22.8 Å². The molecule has 0 spiro atoms. The minimum absolute atomic E-state index is 0.237. The van der Waals surface area contributed by atoms with Crippen molar-refractivity contribution in [2.24, 2.45) is 7.05 Å². The van der Waals surface area contributed by atoms with E-state index in [4.69, 9.17) is 10.4 Å². The fourth-order valence-electron chi connectivity index (χ4n) is 4.73. The number of fused-ring (bicyclic) bond motifs is 1. The number of imidazole rings is 2. The summed E-state index contributed by atoms with van der Waals surface area (Å²) >= 11 is 0. The molecule has 0 amide bonds. The molecule has 0 radical (unpaired) electrons. The zero-order chi connectivity index (χ0) is 27.2. The molecule has 0 aliphatic rings. The van der Waals surface area contributed by atoms with E-state index in [-0.39, 0.29) is 5.82 Å². The lowest BCUT2D eigenvalue weighted by atomic mass is 9.97. The fraction of sp³-hybridized carbons (Fsp3) is 0.286. The van der Waals surface area contributed by atoms with Gasteiger partial charge < -0.3 is 9.13 Å². The third-order valence-corrected chi connectivity index (χ3v) is 6.67. The topological polar surface area (TPSA) is 77.3 Å². The largest absolute Gasteiger partial charge is 0.434 e. The molecule has 2 aromatic carbocycles. The van der Waals surface area contributed by atoms with E-state index in [0.717, 1.165) is 28.4 Å². The standard InChI is InChI=1S/C28H28F3N7/c1-5-37-22-14-33-24(21-9-7-6-8-20(21)17(2)3)35-26(22)38(27(37)32)15-18-10-12-19(13-11-18)25-34-23(16-36(25)4)28(29,30)31/h6-14,16-17,32H,5,15H2,1-4H3. The van der Waals surface area contributed by atoms with Crippen molar-refractivity contribution in [2.75, 3.05) is 0 Å². The van der Waals surface area contributed by atoms with Gasteiger partial charge in [-0.1, -0.05) is 62.4 Å². The van der Waals surface area contributed by atoms with Crippen molar-refractivity contribution in [3.63, 3.8) is 0 Å². The zero-order valence-electron chi connectivity index (χ0n) is 21.6. The molecule has 0 saturated carbocycles. The lowest BCUT2D eigenvalue weighted by Crippen LogP contribution is -2.24. The van der Waals surface area contributed by atoms with Crippen LogP contribution in [0.5, 0.6) is 0 Å². The Hall–Kier alpha value is -4.21. The molecule has 196 valence electrons. The molecule has 0 fully saturated rings. The Labute approximate surface area is 217 Å². The van der Waals surface area contributed by atoms with Gasteiger partial charge in [0.05, 0.1) is 12.7 Å². The Morgan fingerprint density at radius 1 is 0.974 bits per heavy atom. The monoisotopic (exact) mass is 519 g/mol. The summed E-state index contributed by atoms with van der Waals surface area (Å²) < 4.78 is 44.3. The molecule has 3 aromatic heterocycles. The molecule has 0 saturated heterocycles. The van der Waals surface area contributed by atoms with Crippen molar-refractivity contribution < 1.29 is 13.2 Å². The summed E-state index contributed by atoms with van der Waals surface area (Å²) in [6.07, 6.45) is -1.74. The summed E-state index contributed by atoms with van der Waals surface area (Å²) in [5, 5.41) is 8.81. The highest BCUT2D eigenvalue weighted by Gasteiger charge is 2.34. The molecule has 7 nitrogen and oxygen atoms in total. The first kappa shape index (κ1) is 25.4. The Bertz CT molecular complexity index is 1670. The van der Waals surface area contributed by atoms with Crippen LogP contribution in [0.4, 0.5) is 13.2 Å². The van der Waals surface area contributed by atoms with E-state index >= 15 is 0 Å². The van der Waals surface area contributed by atoms with E-state index in [1.165, 1.54) is 4.57 Å². The van der Waals surface area contributed by atoms with Gasteiger partial charge in [-0.05, 0) is 24.0 Å². The zero-order valence-corrected chi connectivity index (χ0v) is 21.6. The van der Waals surface area contributed by atoms with Crippen LogP contribution in [0.2, 0.25) is 0 Å². The quantitative estimate of drug-likeness (QED) is 0.299. The van der Waals surface area contributed by atoms with E-state index in [0.29, 0.717) is 41.7 Å². The Kier molecular flexibility index (Phi) is 6.42. The average molecular weight is 520 g/mol. The second-order valence-electron chi connectivity index (χ2n) is 9.55. The van der Waals surface area contributed by atoms with Crippen LogP contribution in [0.3, 0.4) is 0 Å². The van der Waals surface area contributed by atoms with Crippen molar-refractivity contribution in [1.29, 1.82) is 5.41 Å². The van der Waals surface area contributed by atoms with Gasteiger partial charge in [0.15, 0.2) is 17.2 Å². The second-order valence-corrected chi connectivity index (χ2v) is 9.55. The van der Waals surface area contributed by atoms with Gasteiger partial charge >= 0.3 is 6.18 Å². The number of hydrogen-bond acceptors (Lipinski definition) is 4. The molecule has 1 N–H and O–H groups in total. The number of benzene rings is 2. The highest BCUT2D eigenvalue weighted by molar-refractivity contribution is 5.74. The minimum Gasteiger partial charge on any atom is -0.333 e. The smallest absolute Gasteiger partial charge is 0.333 e. The summed E-state index contributed by atoms with van der Waals surface area (Å²) in [5.41, 5.74) is 4.38. The molecule has 5 rings (SSSR count). The summed E-state index contributed by atoms with van der Waals surface area (Å²) in [6.45, 7) is 7.20. The number of aromatic nitrogens is 6. The Morgan fingerprint density at radius 2 is 1.68 bits per heavy atom. The number of nitrogens with one attached hydrogen (secondary N) is 1. The summed E-state index contributed by atoms with van der Waals surface area (Å²) in [6, 6.07) is 15.3. The fourth-order valence-corrected chi connectivity index (χ4v) is 4.73. The average Bonchev–Trinajstić information content (AvgIpc) is 3.41. The third kappa shape index (κ3) is 4.51. The molecule has 0 aliphatic carbocycles. The molecule has 0 unspecified atom stereocenters. The first-order chi connectivity index (χ1) is 18.1. The summed E-state index contributed by atoms with van der Waals surface area (Å²) in [4.78, 5) is 13.3. The van der Waals surface area contributed by atoms with E-state index in [2.05, 4.69) is 29.9 Å². The van der Waals surface area contributed by atoms with Crippen LogP contribution >= 0.6 is 0 Å². The number of halogens is 3. The van der Waals surface area contributed by atoms with Gasteiger partial charge in [0.1, 0.15) is 11.3 Å². The summed E-state index contributed by atoms with van der Waals surface area (Å²) in [7, 11) is 1.54. The van der Waals surface area contributed by atoms with Gasteiger partial charge in [-0.3, -0.25) is 9.98 Å². The number of rotatable bonds is 6. The first-order valence-electron chi connectivity index (χ1n) is 12.4. The van der Waals surface area contributed by atoms with Crippen LogP contribution in [0, 0.1) is 5.41 Å². The third-order valence-electron chi connectivity index (χ3n) is 6.67. The summed E-state index contributed by atoms with van der Waals surface area (Å²) in [5.74, 6) is 1.14. The lowest BCUT2D eigenvalue weighted by Gasteiger charge is -2.12. The van der Waals surface area contributed by atoms with E-state index in [1.807, 2.05) is 46.4 Å². The SMILES string of the molecule is CCn1c(=N)n(Cc2ccc(-c3nc(C(F)(F)F)cn3C)cc2)c2nc(-c3ccccc3C(C)C)ncc21. The van der Waals surface area contributed by atoms with Gasteiger partial charge in [0, 0.05) is 30.9 Å². The molecule has 0 bridgehead atoms. The predicted molar refractivity (Wildman–Crippen MR) is 139 cm³/mol. The normalized spacial score (nSPS) is 12.1. The molecule has 0 aliphatic heterocycles. The lowest BCUT2D eigenvalue weighted by molar-refractivity contribution is -0.140. The molecule has 38 heavy (non-hydrogen) atoms. The number of aryl methyl sites for hydroxylation is 2. The Morgan fingerprint density at radius 3 is 2.32 bits per heavy atom. The highest BCUT2D eigenvalue weighted by atomic mass is 19.4. The van der Waals surface area contributed by atoms with E-state index in [9.17, 15) is 13.2 Å². The maximum atomic E-state index is 13.1. The van der Waals surface area contributed by atoms with Crippen molar-refractivity contribution in [3.05, 3.63) is 83.4 Å². The van der Waals surface area contributed by atoms with Crippen LogP contribution in [0.25, 0.3) is 33.9 Å². The highest BCUT2D eigenvalue weighted by Crippen LogP contribution is 2.31. The molecule has 5 aromatic rings. The number of hydrogen-bond donors (Lipinski definition) is 1. The number of alkyl halides is 3. The maximum absolute atomic E-state index is 13.1. The van der Waals surface area contributed by atoms with Gasteiger partial charge in [-0.2, -0.15) is 13.2 Å². The van der Waals surface area contributed by atoms with Crippen molar-refractivity contribution in [2.45, 2.75) is 46.0 Å². The van der Waals surface area contributed by atoms with Gasteiger partial charge in [-0.25, -0.2) is 15.0 Å². The second kappa shape index (κ2) is 9.59. The molecule has 10 heteroatoms. The maximum Gasteiger partial charge on any atom is 0.434 e. The van der Waals surface area contributed by atoms with Gasteiger partial charge in [0.2, 0.25) is 5.62 Å². The number of nitrogens with zero attached hydrogens (tertiary/aromatic N) is 6. The first-order valence-corrected chi connectivity index (χ1v) is 12.4. The van der Waals surface area contributed by atoms with Crippen LogP contribution in [-0.4, -0.2) is 28.7 Å². The Balaban J connectivity index is 1.54. The van der Waals surface area contributed by atoms with Crippen LogP contribution < -0.4 is 5.62 Å². The molecule has 3 heterocycles. The van der Waals surface area contributed by atoms with Crippen molar-refractivity contribution in [1.82, 2.24) is 28.7 Å². The minimum atomic E-state index is -4.50. The molecule has 0 atom stereocenters.